The fraction of sp³-hybridized carbons (Fsp3) is 0.167. The highest BCUT2D eigenvalue weighted by molar-refractivity contribution is 5.97. The first-order chi connectivity index (χ1) is 16.7. The first-order valence-corrected chi connectivity index (χ1v) is 10.5. The fourth-order valence-electron chi connectivity index (χ4n) is 3.86. The van der Waals surface area contributed by atoms with E-state index in [0.29, 0.717) is 22.2 Å². The standard InChI is InChI=1S/C24H21F2N5O4/c1-30-20-12-28-8-7-16(20)23(33)31(30)15-5-3-13(4-6-15)9-19(24(34)35-2)29-22(32)21-17(25)10-14(27)11-18(21)26/h3-8,10-12,19H,9,27H2,1-2H3,(H,29,32)/t19-/m0/s1. The van der Waals surface area contributed by atoms with Gasteiger partial charge in [-0.3, -0.25) is 19.3 Å². The van der Waals surface area contributed by atoms with E-state index in [4.69, 9.17) is 10.5 Å². The Hall–Kier alpha value is -4.54. The fourth-order valence-corrected chi connectivity index (χ4v) is 3.86. The smallest absolute Gasteiger partial charge is 0.328 e. The van der Waals surface area contributed by atoms with E-state index in [1.807, 2.05) is 0 Å². The molecule has 0 unspecified atom stereocenters. The minimum Gasteiger partial charge on any atom is -0.467 e. The van der Waals surface area contributed by atoms with Crippen LogP contribution in [0.4, 0.5) is 14.5 Å². The van der Waals surface area contributed by atoms with Gasteiger partial charge in [0.25, 0.3) is 11.5 Å². The van der Waals surface area contributed by atoms with E-state index in [0.717, 1.165) is 19.2 Å². The monoisotopic (exact) mass is 481 g/mol. The van der Waals surface area contributed by atoms with Crippen LogP contribution in [-0.2, 0) is 23.0 Å². The summed E-state index contributed by atoms with van der Waals surface area (Å²) in [6, 6.07) is 8.75. The van der Waals surface area contributed by atoms with Gasteiger partial charge in [0, 0.05) is 25.4 Å². The lowest BCUT2D eigenvalue weighted by Gasteiger charge is -2.17. The van der Waals surface area contributed by atoms with Gasteiger partial charge in [0.05, 0.1) is 29.9 Å². The number of pyridine rings is 1. The molecule has 2 aromatic carbocycles. The quantitative estimate of drug-likeness (QED) is 0.321. The predicted molar refractivity (Wildman–Crippen MR) is 124 cm³/mol. The second-order valence-electron chi connectivity index (χ2n) is 7.81. The molecule has 0 spiro atoms. The van der Waals surface area contributed by atoms with Gasteiger partial charge in [0.2, 0.25) is 0 Å². The molecule has 0 bridgehead atoms. The van der Waals surface area contributed by atoms with E-state index in [9.17, 15) is 23.2 Å². The summed E-state index contributed by atoms with van der Waals surface area (Å²) in [5.74, 6) is -4.22. The molecule has 0 radical (unpaired) electrons. The molecule has 9 nitrogen and oxygen atoms in total. The zero-order chi connectivity index (χ0) is 25.3. The number of benzene rings is 2. The first kappa shape index (κ1) is 23.6. The number of nitrogen functional groups attached to an aromatic ring is 1. The van der Waals surface area contributed by atoms with Gasteiger partial charge < -0.3 is 15.8 Å². The van der Waals surface area contributed by atoms with Gasteiger partial charge in [-0.25, -0.2) is 18.3 Å². The van der Waals surface area contributed by atoms with Crippen molar-refractivity contribution in [1.82, 2.24) is 19.7 Å². The zero-order valence-corrected chi connectivity index (χ0v) is 18.8. The average Bonchev–Trinajstić information content (AvgIpc) is 3.08. The number of carbonyl (C=O) groups excluding carboxylic acids is 2. The van der Waals surface area contributed by atoms with Crippen LogP contribution in [0.2, 0.25) is 0 Å². The Balaban J connectivity index is 1.59. The number of nitrogens with two attached hydrogens (primary N) is 1. The lowest BCUT2D eigenvalue weighted by Crippen LogP contribution is -2.43. The number of fused-ring (bicyclic) bond motifs is 1. The van der Waals surface area contributed by atoms with Gasteiger partial charge >= 0.3 is 5.97 Å². The molecular formula is C24H21F2N5O4. The third-order valence-electron chi connectivity index (χ3n) is 5.57. The number of rotatable bonds is 6. The molecule has 0 aliphatic rings. The van der Waals surface area contributed by atoms with Gasteiger partial charge in [-0.15, -0.1) is 0 Å². The molecule has 3 N–H and O–H groups in total. The van der Waals surface area contributed by atoms with Crippen LogP contribution in [0.3, 0.4) is 0 Å². The number of nitrogens with zero attached hydrogens (tertiary/aromatic N) is 3. The Labute approximate surface area is 197 Å². The van der Waals surface area contributed by atoms with Crippen molar-refractivity contribution in [1.29, 1.82) is 0 Å². The van der Waals surface area contributed by atoms with Gasteiger partial charge in [0.1, 0.15) is 23.2 Å². The van der Waals surface area contributed by atoms with Crippen molar-refractivity contribution in [2.24, 2.45) is 7.05 Å². The van der Waals surface area contributed by atoms with Crippen LogP contribution in [0, 0.1) is 11.6 Å². The van der Waals surface area contributed by atoms with Crippen molar-refractivity contribution in [3.8, 4) is 5.69 Å². The molecule has 4 aromatic rings. The SMILES string of the molecule is COC(=O)[C@H](Cc1ccc(-n2c(=O)c3ccncc3n2C)cc1)NC(=O)c1c(F)cc(N)cc1F. The molecule has 1 amide bonds. The molecule has 0 saturated carbocycles. The summed E-state index contributed by atoms with van der Waals surface area (Å²) >= 11 is 0. The first-order valence-electron chi connectivity index (χ1n) is 10.5. The topological polar surface area (TPSA) is 121 Å². The molecule has 180 valence electrons. The van der Waals surface area contributed by atoms with Crippen molar-refractivity contribution in [3.05, 3.63) is 88.0 Å². The molecule has 35 heavy (non-hydrogen) atoms. The lowest BCUT2D eigenvalue weighted by atomic mass is 10.0. The third kappa shape index (κ3) is 4.47. The van der Waals surface area contributed by atoms with Crippen molar-refractivity contribution >= 4 is 28.5 Å². The van der Waals surface area contributed by atoms with Crippen molar-refractivity contribution in [2.75, 3.05) is 12.8 Å². The van der Waals surface area contributed by atoms with Crippen LogP contribution in [0.5, 0.6) is 0 Å². The number of carbonyl (C=O) groups is 2. The molecule has 4 rings (SSSR count). The number of amides is 1. The Morgan fingerprint density at radius 3 is 2.40 bits per heavy atom. The second-order valence-corrected chi connectivity index (χ2v) is 7.81. The number of anilines is 1. The Bertz CT molecular complexity index is 1470. The molecule has 11 heteroatoms. The summed E-state index contributed by atoms with van der Waals surface area (Å²) in [5, 5.41) is 2.83. The second kappa shape index (κ2) is 9.37. The number of hydrogen-bond donors (Lipinski definition) is 2. The van der Waals surface area contributed by atoms with Gasteiger partial charge in [0.15, 0.2) is 0 Å². The molecular weight excluding hydrogens is 460 g/mol. The highest BCUT2D eigenvalue weighted by Crippen LogP contribution is 2.18. The van der Waals surface area contributed by atoms with Crippen LogP contribution in [-0.4, -0.2) is 39.4 Å². The van der Waals surface area contributed by atoms with Crippen molar-refractivity contribution in [2.45, 2.75) is 12.5 Å². The number of aromatic nitrogens is 3. The van der Waals surface area contributed by atoms with Crippen LogP contribution < -0.4 is 16.6 Å². The van der Waals surface area contributed by atoms with E-state index in [2.05, 4.69) is 10.3 Å². The van der Waals surface area contributed by atoms with E-state index < -0.39 is 35.1 Å². The summed E-state index contributed by atoms with van der Waals surface area (Å²) in [5.41, 5.74) is 5.98. The minimum absolute atomic E-state index is 0.0230. The summed E-state index contributed by atoms with van der Waals surface area (Å²) in [6.07, 6.45) is 3.11. The maximum absolute atomic E-state index is 14.1. The number of aryl methyl sites for hydroxylation is 1. The van der Waals surface area contributed by atoms with Crippen LogP contribution in [0.1, 0.15) is 15.9 Å². The summed E-state index contributed by atoms with van der Waals surface area (Å²) in [7, 11) is 2.87. The van der Waals surface area contributed by atoms with Gasteiger partial charge in [-0.1, -0.05) is 12.1 Å². The van der Waals surface area contributed by atoms with Crippen molar-refractivity contribution < 1.29 is 23.1 Å². The Morgan fingerprint density at radius 2 is 1.80 bits per heavy atom. The molecule has 0 fully saturated rings. The van der Waals surface area contributed by atoms with Crippen molar-refractivity contribution in [3.63, 3.8) is 0 Å². The summed E-state index contributed by atoms with van der Waals surface area (Å²) in [4.78, 5) is 41.7. The number of hydrogen-bond acceptors (Lipinski definition) is 6. The molecule has 0 saturated heterocycles. The number of methoxy groups -OCH3 is 1. The minimum atomic E-state index is -1.22. The maximum atomic E-state index is 14.1. The number of ether oxygens (including phenoxy) is 1. The average molecular weight is 481 g/mol. The van der Waals surface area contributed by atoms with Crippen LogP contribution in [0.25, 0.3) is 16.6 Å². The predicted octanol–water partition coefficient (Wildman–Crippen LogP) is 2.10. The van der Waals surface area contributed by atoms with Gasteiger partial charge in [-0.05, 0) is 35.9 Å². The largest absolute Gasteiger partial charge is 0.467 e. The van der Waals surface area contributed by atoms with Gasteiger partial charge in [-0.2, -0.15) is 0 Å². The highest BCUT2D eigenvalue weighted by Gasteiger charge is 2.26. The molecule has 2 heterocycles. The highest BCUT2D eigenvalue weighted by atomic mass is 19.1. The molecule has 1 atom stereocenters. The van der Waals surface area contributed by atoms with E-state index in [1.54, 1.807) is 54.5 Å². The Morgan fingerprint density at radius 1 is 1.14 bits per heavy atom. The van der Waals surface area contributed by atoms with E-state index in [1.165, 1.54) is 4.68 Å². The van der Waals surface area contributed by atoms with Crippen LogP contribution in [0.15, 0.2) is 59.7 Å². The maximum Gasteiger partial charge on any atom is 0.328 e. The number of nitrogens with one attached hydrogen (secondary N) is 1. The van der Waals surface area contributed by atoms with Crippen LogP contribution >= 0.6 is 0 Å². The normalized spacial score (nSPS) is 11.9. The molecule has 0 aliphatic carbocycles. The Kier molecular flexibility index (Phi) is 6.32. The third-order valence-corrected chi connectivity index (χ3v) is 5.57. The zero-order valence-electron chi connectivity index (χ0n) is 18.8. The lowest BCUT2D eigenvalue weighted by molar-refractivity contribution is -0.142. The summed E-state index contributed by atoms with van der Waals surface area (Å²) < 4.78 is 36.2. The number of halogens is 2. The molecule has 0 aliphatic heterocycles. The summed E-state index contributed by atoms with van der Waals surface area (Å²) in [6.45, 7) is 0. The van der Waals surface area contributed by atoms with E-state index >= 15 is 0 Å². The molecule has 2 aromatic heterocycles. The number of esters is 1. The van der Waals surface area contributed by atoms with E-state index in [-0.39, 0.29) is 17.7 Å².